The number of furan rings is 1. The van der Waals surface area contributed by atoms with Crippen LogP contribution in [0.3, 0.4) is 0 Å². The fourth-order valence-electron chi connectivity index (χ4n) is 2.15. The van der Waals surface area contributed by atoms with Gasteiger partial charge >= 0.3 is 5.97 Å². The Hall–Kier alpha value is -2.76. The Morgan fingerprint density at radius 1 is 1.17 bits per heavy atom. The Labute approximate surface area is 134 Å². The largest absolute Gasteiger partial charge is 0.491 e. The maximum atomic E-state index is 12.0. The number of hydrogen-bond acceptors (Lipinski definition) is 4. The van der Waals surface area contributed by atoms with Gasteiger partial charge in [-0.25, -0.2) is 4.79 Å². The van der Waals surface area contributed by atoms with Gasteiger partial charge in [0.15, 0.2) is 5.76 Å². The van der Waals surface area contributed by atoms with E-state index >= 15 is 0 Å². The molecule has 0 aliphatic carbocycles. The maximum absolute atomic E-state index is 12.0. The summed E-state index contributed by atoms with van der Waals surface area (Å²) >= 11 is 0. The maximum Gasteiger partial charge on any atom is 0.371 e. The minimum atomic E-state index is -1.21. The van der Waals surface area contributed by atoms with E-state index in [2.05, 4.69) is 5.32 Å². The number of carboxylic acid groups (broad SMARTS) is 1. The quantitative estimate of drug-likeness (QED) is 0.855. The Morgan fingerprint density at radius 3 is 2.35 bits per heavy atom. The zero-order valence-electron chi connectivity index (χ0n) is 13.3. The van der Waals surface area contributed by atoms with Crippen LogP contribution in [0.5, 0.6) is 5.75 Å². The number of nitrogens with one attached hydrogen (secondary N) is 1. The van der Waals surface area contributed by atoms with Crippen molar-refractivity contribution in [3.8, 4) is 5.75 Å². The monoisotopic (exact) mass is 317 g/mol. The zero-order valence-corrected chi connectivity index (χ0v) is 13.3. The summed E-state index contributed by atoms with van der Waals surface area (Å²) in [5.41, 5.74) is 2.06. The molecule has 23 heavy (non-hydrogen) atoms. The molecular weight excluding hydrogens is 298 g/mol. The second-order valence-electron chi connectivity index (χ2n) is 5.38. The molecule has 0 saturated heterocycles. The van der Waals surface area contributed by atoms with Gasteiger partial charge in [-0.1, -0.05) is 18.2 Å². The third-order valence-electron chi connectivity index (χ3n) is 3.30. The summed E-state index contributed by atoms with van der Waals surface area (Å²) in [5, 5.41) is 11.5. The number of rotatable bonds is 6. The first-order valence-corrected chi connectivity index (χ1v) is 7.21. The van der Waals surface area contributed by atoms with Gasteiger partial charge in [0.05, 0.1) is 6.04 Å². The lowest BCUT2D eigenvalue weighted by Gasteiger charge is -2.17. The number of carbonyl (C=O) groups is 2. The van der Waals surface area contributed by atoms with Crippen molar-refractivity contribution in [1.82, 2.24) is 5.32 Å². The molecule has 1 amide bonds. The van der Waals surface area contributed by atoms with Gasteiger partial charge in [0.1, 0.15) is 12.4 Å². The van der Waals surface area contributed by atoms with E-state index in [1.54, 1.807) is 6.92 Å². The highest BCUT2D eigenvalue weighted by Crippen LogP contribution is 2.22. The molecule has 2 N–H and O–H groups in total. The molecular formula is C17H19NO5. The molecule has 6 nitrogen and oxygen atoms in total. The number of hydrogen-bond donors (Lipinski definition) is 2. The van der Waals surface area contributed by atoms with Crippen LogP contribution in [-0.2, 0) is 0 Å². The van der Waals surface area contributed by atoms with Gasteiger partial charge in [-0.05, 0) is 44.0 Å². The van der Waals surface area contributed by atoms with E-state index in [-0.39, 0.29) is 17.6 Å². The Kier molecular flexibility index (Phi) is 5.05. The van der Waals surface area contributed by atoms with E-state index in [9.17, 15) is 9.59 Å². The predicted octanol–water partition coefficient (Wildman–Crippen LogP) is 2.79. The van der Waals surface area contributed by atoms with Crippen molar-refractivity contribution in [2.24, 2.45) is 0 Å². The van der Waals surface area contributed by atoms with Crippen LogP contribution in [0.25, 0.3) is 0 Å². The van der Waals surface area contributed by atoms with Crippen LogP contribution in [0, 0.1) is 13.8 Å². The lowest BCUT2D eigenvalue weighted by Crippen LogP contribution is -2.36. The molecule has 0 aliphatic rings. The van der Waals surface area contributed by atoms with Gasteiger partial charge in [-0.15, -0.1) is 0 Å². The number of carboxylic acids is 1. The molecule has 0 bridgehead atoms. The molecule has 6 heteroatoms. The lowest BCUT2D eigenvalue weighted by atomic mass is 10.1. The highest BCUT2D eigenvalue weighted by Gasteiger charge is 2.17. The first kappa shape index (κ1) is 16.6. The summed E-state index contributed by atoms with van der Waals surface area (Å²) in [6.45, 7) is 6.01. The molecule has 1 aromatic heterocycles. The van der Waals surface area contributed by atoms with Crippen LogP contribution in [0.15, 0.2) is 34.7 Å². The summed E-state index contributed by atoms with van der Waals surface area (Å²) in [5.74, 6) is -1.19. The van der Waals surface area contributed by atoms with Gasteiger partial charge < -0.3 is 19.6 Å². The van der Waals surface area contributed by atoms with Crippen molar-refractivity contribution < 1.29 is 23.8 Å². The normalized spacial score (nSPS) is 11.8. The van der Waals surface area contributed by atoms with Gasteiger partial charge in [0.25, 0.3) is 5.91 Å². The topological polar surface area (TPSA) is 88.8 Å². The van der Waals surface area contributed by atoms with Crippen LogP contribution >= 0.6 is 0 Å². The number of aryl methyl sites for hydroxylation is 2. The summed E-state index contributed by atoms with van der Waals surface area (Å²) in [4.78, 5) is 22.7. The van der Waals surface area contributed by atoms with Crippen molar-refractivity contribution in [2.75, 3.05) is 6.61 Å². The zero-order chi connectivity index (χ0) is 17.0. The van der Waals surface area contributed by atoms with Crippen LogP contribution in [0.2, 0.25) is 0 Å². The molecule has 1 atom stereocenters. The van der Waals surface area contributed by atoms with Crippen LogP contribution < -0.4 is 10.1 Å². The average Bonchev–Trinajstić information content (AvgIpc) is 2.96. The highest BCUT2D eigenvalue weighted by molar-refractivity contribution is 5.93. The molecule has 0 aliphatic heterocycles. The second-order valence-corrected chi connectivity index (χ2v) is 5.38. The van der Waals surface area contributed by atoms with E-state index in [1.807, 2.05) is 32.0 Å². The van der Waals surface area contributed by atoms with Crippen LogP contribution in [-0.4, -0.2) is 29.6 Å². The summed E-state index contributed by atoms with van der Waals surface area (Å²) in [7, 11) is 0. The highest BCUT2D eigenvalue weighted by atomic mass is 16.5. The molecule has 0 spiro atoms. The molecule has 122 valence electrons. The Morgan fingerprint density at radius 2 is 1.78 bits per heavy atom. The van der Waals surface area contributed by atoms with E-state index in [4.69, 9.17) is 14.3 Å². The van der Waals surface area contributed by atoms with Gasteiger partial charge in [-0.2, -0.15) is 0 Å². The van der Waals surface area contributed by atoms with Crippen LogP contribution in [0.1, 0.15) is 39.2 Å². The summed E-state index contributed by atoms with van der Waals surface area (Å²) < 4.78 is 10.7. The fraction of sp³-hybridized carbons (Fsp3) is 0.294. The minimum Gasteiger partial charge on any atom is -0.491 e. The number of benzene rings is 1. The van der Waals surface area contributed by atoms with Gasteiger partial charge in [0.2, 0.25) is 5.76 Å². The standard InChI is InChI=1S/C17H19NO5/c1-10-5-4-6-11(2)15(10)22-9-12(3)18-16(19)13-7-8-14(23-13)17(20)21/h4-8,12H,9H2,1-3H3,(H,18,19)(H,20,21). The first-order chi connectivity index (χ1) is 10.9. The number of para-hydroxylation sites is 1. The van der Waals surface area contributed by atoms with E-state index in [1.165, 1.54) is 12.1 Å². The van der Waals surface area contributed by atoms with Crippen LogP contribution in [0.4, 0.5) is 0 Å². The molecule has 0 fully saturated rings. The van der Waals surface area contributed by atoms with Crippen molar-refractivity contribution in [2.45, 2.75) is 26.8 Å². The predicted molar refractivity (Wildman–Crippen MR) is 84.0 cm³/mol. The SMILES string of the molecule is Cc1cccc(C)c1OCC(C)NC(=O)c1ccc(C(=O)O)o1. The molecule has 2 aromatic rings. The molecule has 1 aromatic carbocycles. The summed E-state index contributed by atoms with van der Waals surface area (Å²) in [6, 6.07) is 8.19. The second kappa shape index (κ2) is 7.00. The number of aromatic carboxylic acids is 1. The first-order valence-electron chi connectivity index (χ1n) is 7.21. The smallest absolute Gasteiger partial charge is 0.371 e. The minimum absolute atomic E-state index is 0.0404. The third kappa shape index (κ3) is 4.12. The van der Waals surface area contributed by atoms with Crippen molar-refractivity contribution in [3.05, 3.63) is 53.0 Å². The van der Waals surface area contributed by atoms with Crippen molar-refractivity contribution in [3.63, 3.8) is 0 Å². The summed E-state index contributed by atoms with van der Waals surface area (Å²) in [6.07, 6.45) is 0. The van der Waals surface area contributed by atoms with Crippen molar-refractivity contribution >= 4 is 11.9 Å². The Balaban J connectivity index is 1.92. The molecule has 1 heterocycles. The van der Waals surface area contributed by atoms with E-state index in [0.29, 0.717) is 6.61 Å². The molecule has 2 rings (SSSR count). The number of carbonyl (C=O) groups excluding carboxylic acids is 1. The molecule has 0 saturated carbocycles. The average molecular weight is 317 g/mol. The number of ether oxygens (including phenoxy) is 1. The fourth-order valence-corrected chi connectivity index (χ4v) is 2.15. The lowest BCUT2D eigenvalue weighted by molar-refractivity contribution is 0.0659. The molecule has 0 radical (unpaired) electrons. The number of amides is 1. The third-order valence-corrected chi connectivity index (χ3v) is 3.30. The van der Waals surface area contributed by atoms with Gasteiger partial charge in [-0.3, -0.25) is 4.79 Å². The van der Waals surface area contributed by atoms with E-state index in [0.717, 1.165) is 16.9 Å². The molecule has 1 unspecified atom stereocenters. The van der Waals surface area contributed by atoms with E-state index < -0.39 is 11.9 Å². The van der Waals surface area contributed by atoms with Crippen molar-refractivity contribution in [1.29, 1.82) is 0 Å². The van der Waals surface area contributed by atoms with Gasteiger partial charge in [0, 0.05) is 0 Å². The Bertz CT molecular complexity index is 699.